The van der Waals surface area contributed by atoms with E-state index in [1.807, 2.05) is 0 Å². The highest BCUT2D eigenvalue weighted by Crippen LogP contribution is 2.29. The summed E-state index contributed by atoms with van der Waals surface area (Å²) in [6.07, 6.45) is 0.296. The van der Waals surface area contributed by atoms with E-state index in [9.17, 15) is 29.6 Å². The quantitative estimate of drug-likeness (QED) is 0.328. The number of carboxylic acids is 1. The molecular weight excluding hydrogens is 394 g/mol. The zero-order valence-electron chi connectivity index (χ0n) is 14.7. The lowest BCUT2D eigenvalue weighted by Gasteiger charge is -2.10. The molecule has 12 nitrogen and oxygen atoms in total. The summed E-state index contributed by atoms with van der Waals surface area (Å²) in [5.74, 6) is -1.35. The van der Waals surface area contributed by atoms with E-state index < -0.39 is 33.3 Å². The van der Waals surface area contributed by atoms with Crippen LogP contribution in [0.2, 0.25) is 0 Å². The Morgan fingerprint density at radius 3 is 2.75 bits per heavy atom. The smallest absolute Gasteiger partial charge is 0.433 e. The van der Waals surface area contributed by atoms with Crippen molar-refractivity contribution >= 4 is 34.8 Å². The predicted molar refractivity (Wildman–Crippen MR) is 97.6 cm³/mol. The minimum absolute atomic E-state index is 0.0314. The van der Waals surface area contributed by atoms with E-state index >= 15 is 0 Å². The lowest BCUT2D eigenvalue weighted by Crippen LogP contribution is -2.29. The first-order valence-electron chi connectivity index (χ1n) is 8.05. The van der Waals surface area contributed by atoms with Gasteiger partial charge < -0.3 is 14.1 Å². The van der Waals surface area contributed by atoms with Crippen LogP contribution in [0, 0.1) is 10.1 Å². The minimum Gasteiger partial charge on any atom is -0.480 e. The van der Waals surface area contributed by atoms with Crippen LogP contribution in [0.1, 0.15) is 19.1 Å². The second kappa shape index (κ2) is 7.34. The highest BCUT2D eigenvalue weighted by atomic mass is 32.2. The standard InChI is InChI=1S/C15H15N5O7S/c1-3-8(13(22)23)28-15-16-11-10(12(21)17-14(24)18(11)2)19(15)6-7-4-5-9(27-7)20(25)26/h4-5,8H,3,6H2,1-2H3,(H,22,23)(H,17,21,24). The number of hydrogen-bond donors (Lipinski definition) is 2. The summed E-state index contributed by atoms with van der Waals surface area (Å²) in [5, 5.41) is 19.5. The van der Waals surface area contributed by atoms with E-state index in [0.717, 1.165) is 16.3 Å². The van der Waals surface area contributed by atoms with Crippen LogP contribution < -0.4 is 11.2 Å². The molecule has 148 valence electrons. The van der Waals surface area contributed by atoms with Gasteiger partial charge in [-0.05, 0) is 12.5 Å². The van der Waals surface area contributed by atoms with Gasteiger partial charge in [-0.15, -0.1) is 0 Å². The number of fused-ring (bicyclic) bond motifs is 1. The molecule has 13 heteroatoms. The maximum atomic E-state index is 12.4. The molecule has 3 aromatic heterocycles. The van der Waals surface area contributed by atoms with E-state index in [0.29, 0.717) is 6.42 Å². The first-order chi connectivity index (χ1) is 13.2. The van der Waals surface area contributed by atoms with Crippen LogP contribution in [-0.2, 0) is 18.4 Å². The van der Waals surface area contributed by atoms with Gasteiger partial charge in [-0.25, -0.2) is 9.78 Å². The zero-order chi connectivity index (χ0) is 20.6. The third kappa shape index (κ3) is 3.43. The van der Waals surface area contributed by atoms with Crippen molar-refractivity contribution in [3.8, 4) is 0 Å². The van der Waals surface area contributed by atoms with Crippen molar-refractivity contribution in [2.45, 2.75) is 30.3 Å². The van der Waals surface area contributed by atoms with Gasteiger partial charge in [0, 0.05) is 7.05 Å². The van der Waals surface area contributed by atoms with Crippen molar-refractivity contribution in [2.75, 3.05) is 0 Å². The number of carboxylic acid groups (broad SMARTS) is 1. The second-order valence-corrected chi connectivity index (χ2v) is 6.99. The summed E-state index contributed by atoms with van der Waals surface area (Å²) < 4.78 is 7.65. The molecule has 28 heavy (non-hydrogen) atoms. The number of nitrogens with one attached hydrogen (secondary N) is 1. The predicted octanol–water partition coefficient (Wildman–Crippen LogP) is 0.928. The molecule has 0 spiro atoms. The fourth-order valence-corrected chi connectivity index (χ4v) is 3.54. The third-order valence-corrected chi connectivity index (χ3v) is 5.35. The minimum atomic E-state index is -1.05. The van der Waals surface area contributed by atoms with E-state index in [-0.39, 0.29) is 28.6 Å². The molecule has 3 aromatic rings. The van der Waals surface area contributed by atoms with Crippen molar-refractivity contribution in [3.63, 3.8) is 0 Å². The summed E-state index contributed by atoms with van der Waals surface area (Å²) in [4.78, 5) is 52.2. The van der Waals surface area contributed by atoms with Gasteiger partial charge in [0.15, 0.2) is 16.3 Å². The number of aliphatic carboxylic acids is 1. The number of rotatable bonds is 7. The SMILES string of the molecule is CCC(Sc1nc2c(c(=O)[nH]c(=O)n2C)n1Cc1ccc([N+](=O)[O-])o1)C(=O)O. The van der Waals surface area contributed by atoms with Crippen molar-refractivity contribution in [1.82, 2.24) is 19.1 Å². The van der Waals surface area contributed by atoms with Crippen LogP contribution in [-0.4, -0.2) is 40.4 Å². The molecule has 1 unspecified atom stereocenters. The monoisotopic (exact) mass is 409 g/mol. The maximum Gasteiger partial charge on any atom is 0.433 e. The van der Waals surface area contributed by atoms with E-state index in [1.165, 1.54) is 23.7 Å². The average molecular weight is 409 g/mol. The Morgan fingerprint density at radius 1 is 1.46 bits per heavy atom. The maximum absolute atomic E-state index is 12.4. The van der Waals surface area contributed by atoms with E-state index in [2.05, 4.69) is 9.97 Å². The summed E-state index contributed by atoms with van der Waals surface area (Å²) in [6.45, 7) is 1.58. The Kier molecular flexibility index (Phi) is 5.09. The van der Waals surface area contributed by atoms with Crippen LogP contribution in [0.25, 0.3) is 11.2 Å². The molecule has 0 fully saturated rings. The Labute approximate surface area is 159 Å². The van der Waals surface area contributed by atoms with Gasteiger partial charge >= 0.3 is 17.5 Å². The van der Waals surface area contributed by atoms with Crippen LogP contribution in [0.3, 0.4) is 0 Å². The van der Waals surface area contributed by atoms with Gasteiger partial charge in [-0.2, -0.15) is 0 Å². The van der Waals surface area contributed by atoms with Crippen molar-refractivity contribution in [1.29, 1.82) is 0 Å². The Balaban J connectivity index is 2.18. The molecule has 0 amide bonds. The number of nitro groups is 1. The molecular formula is C15H15N5O7S. The van der Waals surface area contributed by atoms with Gasteiger partial charge in [0.05, 0.1) is 12.6 Å². The molecule has 0 saturated carbocycles. The summed E-state index contributed by atoms with van der Waals surface area (Å²) in [6, 6.07) is 2.55. The van der Waals surface area contributed by atoms with Gasteiger partial charge in [-0.1, -0.05) is 18.7 Å². The van der Waals surface area contributed by atoms with Gasteiger partial charge in [0.25, 0.3) is 5.56 Å². The van der Waals surface area contributed by atoms with Crippen LogP contribution >= 0.6 is 11.8 Å². The summed E-state index contributed by atoms with van der Waals surface area (Å²) in [7, 11) is 1.42. The lowest BCUT2D eigenvalue weighted by molar-refractivity contribution is -0.402. The largest absolute Gasteiger partial charge is 0.480 e. The molecule has 0 aliphatic heterocycles. The Bertz CT molecular complexity index is 1190. The summed E-state index contributed by atoms with van der Waals surface area (Å²) in [5.41, 5.74) is -1.28. The number of aromatic nitrogens is 4. The second-order valence-electron chi connectivity index (χ2n) is 5.82. The first-order valence-corrected chi connectivity index (χ1v) is 8.93. The molecule has 3 heterocycles. The molecule has 0 aliphatic carbocycles. The molecule has 0 saturated heterocycles. The fourth-order valence-electron chi connectivity index (χ4n) is 2.59. The molecule has 1 atom stereocenters. The molecule has 0 aliphatic rings. The molecule has 0 aromatic carbocycles. The topological polar surface area (TPSA) is 166 Å². The van der Waals surface area contributed by atoms with Crippen LogP contribution in [0.15, 0.2) is 31.3 Å². The van der Waals surface area contributed by atoms with Gasteiger partial charge in [0.1, 0.15) is 15.9 Å². The number of carbonyl (C=O) groups is 1. The normalized spacial score (nSPS) is 12.4. The van der Waals surface area contributed by atoms with Crippen LogP contribution in [0.4, 0.5) is 5.88 Å². The van der Waals surface area contributed by atoms with Crippen molar-refractivity contribution < 1.29 is 19.2 Å². The Morgan fingerprint density at radius 2 is 2.18 bits per heavy atom. The number of H-pyrrole nitrogens is 1. The van der Waals surface area contributed by atoms with Crippen molar-refractivity contribution in [2.24, 2.45) is 7.05 Å². The average Bonchev–Trinajstić information content (AvgIpc) is 3.23. The molecule has 2 N–H and O–H groups in total. The van der Waals surface area contributed by atoms with E-state index in [4.69, 9.17) is 4.42 Å². The van der Waals surface area contributed by atoms with Gasteiger partial charge in [-0.3, -0.25) is 29.3 Å². The lowest BCUT2D eigenvalue weighted by atomic mass is 10.3. The first kappa shape index (κ1) is 19.4. The molecule has 0 radical (unpaired) electrons. The highest BCUT2D eigenvalue weighted by molar-refractivity contribution is 8.00. The number of furan rings is 1. The highest BCUT2D eigenvalue weighted by Gasteiger charge is 2.25. The number of aryl methyl sites for hydroxylation is 1. The number of thioether (sulfide) groups is 1. The number of aromatic amines is 1. The summed E-state index contributed by atoms with van der Waals surface area (Å²) >= 11 is 0.913. The fraction of sp³-hybridized carbons (Fsp3) is 0.333. The molecule has 3 rings (SSSR count). The van der Waals surface area contributed by atoms with Crippen LogP contribution in [0.5, 0.6) is 0 Å². The number of nitrogens with zero attached hydrogens (tertiary/aromatic N) is 4. The third-order valence-electron chi connectivity index (χ3n) is 4.01. The number of imidazole rings is 1. The zero-order valence-corrected chi connectivity index (χ0v) is 15.6. The molecule has 0 bridgehead atoms. The van der Waals surface area contributed by atoms with E-state index in [1.54, 1.807) is 6.92 Å². The Hall–Kier alpha value is -3.35. The van der Waals surface area contributed by atoms with Gasteiger partial charge in [0.2, 0.25) is 0 Å². The number of hydrogen-bond acceptors (Lipinski definition) is 8. The van der Waals surface area contributed by atoms with Crippen molar-refractivity contribution in [3.05, 3.63) is 48.8 Å².